The quantitative estimate of drug-likeness (QED) is 0.852. The van der Waals surface area contributed by atoms with Crippen molar-refractivity contribution in [1.82, 2.24) is 0 Å². The van der Waals surface area contributed by atoms with E-state index in [1.807, 2.05) is 19.1 Å². The van der Waals surface area contributed by atoms with Crippen molar-refractivity contribution in [3.05, 3.63) is 29.3 Å². The van der Waals surface area contributed by atoms with Crippen LogP contribution in [0.5, 0.6) is 0 Å². The minimum atomic E-state index is -0.859. The maximum Gasteiger partial charge on any atom is 0.337 e. The van der Waals surface area contributed by atoms with Gasteiger partial charge in [-0.25, -0.2) is 4.79 Å². The molecule has 94 valence electrons. The molecule has 0 aromatic heterocycles. The number of hydrogen-bond acceptors (Lipinski definition) is 2. The first-order valence-electron chi connectivity index (χ1n) is 6.04. The van der Waals surface area contributed by atoms with Gasteiger partial charge in [0.25, 0.3) is 0 Å². The largest absolute Gasteiger partial charge is 0.478 e. The molecule has 0 bridgehead atoms. The molecule has 0 saturated carbocycles. The average molecular weight is 235 g/mol. The fraction of sp³-hybridized carbons (Fsp3) is 0.500. The van der Waals surface area contributed by atoms with Gasteiger partial charge in [0.05, 0.1) is 11.3 Å². The first-order valence-corrected chi connectivity index (χ1v) is 6.04. The molecular formula is C14H21NO2. The highest BCUT2D eigenvalue weighted by atomic mass is 16.4. The van der Waals surface area contributed by atoms with Gasteiger partial charge in [0.2, 0.25) is 0 Å². The van der Waals surface area contributed by atoms with Gasteiger partial charge in [0.1, 0.15) is 0 Å². The van der Waals surface area contributed by atoms with Crippen LogP contribution in [0, 0.1) is 12.8 Å². The Morgan fingerprint density at radius 1 is 1.41 bits per heavy atom. The van der Waals surface area contributed by atoms with Gasteiger partial charge in [-0.3, -0.25) is 0 Å². The molecule has 3 heteroatoms. The lowest BCUT2D eigenvalue weighted by Crippen LogP contribution is -2.28. The summed E-state index contributed by atoms with van der Waals surface area (Å²) in [7, 11) is 0. The first-order chi connectivity index (χ1) is 7.95. The second-order valence-corrected chi connectivity index (χ2v) is 4.76. The van der Waals surface area contributed by atoms with Crippen molar-refractivity contribution in [1.29, 1.82) is 0 Å². The van der Waals surface area contributed by atoms with Gasteiger partial charge < -0.3 is 10.0 Å². The summed E-state index contributed by atoms with van der Waals surface area (Å²) in [5, 5.41) is 9.21. The van der Waals surface area contributed by atoms with Crippen LogP contribution in [0.2, 0.25) is 0 Å². The van der Waals surface area contributed by atoms with Crippen molar-refractivity contribution in [3.63, 3.8) is 0 Å². The number of aromatic carboxylic acids is 1. The van der Waals surface area contributed by atoms with Crippen molar-refractivity contribution in [2.45, 2.75) is 27.7 Å². The number of aryl methyl sites for hydroxylation is 1. The normalized spacial score (nSPS) is 10.6. The van der Waals surface area contributed by atoms with Crippen LogP contribution in [0.25, 0.3) is 0 Å². The van der Waals surface area contributed by atoms with Crippen molar-refractivity contribution in [2.24, 2.45) is 5.92 Å². The van der Waals surface area contributed by atoms with Crippen LogP contribution in [-0.2, 0) is 0 Å². The summed E-state index contributed by atoms with van der Waals surface area (Å²) in [6.07, 6.45) is 0. The molecule has 1 N–H and O–H groups in total. The van der Waals surface area contributed by atoms with E-state index in [2.05, 4.69) is 25.7 Å². The van der Waals surface area contributed by atoms with E-state index in [4.69, 9.17) is 0 Å². The average Bonchev–Trinajstić information content (AvgIpc) is 2.25. The molecule has 0 amide bonds. The predicted octanol–water partition coefficient (Wildman–Crippen LogP) is 3.18. The zero-order valence-electron chi connectivity index (χ0n) is 11.0. The molecule has 3 nitrogen and oxygen atoms in total. The van der Waals surface area contributed by atoms with E-state index in [1.165, 1.54) is 0 Å². The van der Waals surface area contributed by atoms with E-state index in [1.54, 1.807) is 6.07 Å². The third kappa shape index (κ3) is 3.48. The van der Waals surface area contributed by atoms with Crippen LogP contribution in [0.4, 0.5) is 5.69 Å². The molecule has 1 aromatic carbocycles. The number of benzene rings is 1. The fourth-order valence-electron chi connectivity index (χ4n) is 1.92. The van der Waals surface area contributed by atoms with E-state index in [-0.39, 0.29) is 0 Å². The van der Waals surface area contributed by atoms with Crippen LogP contribution < -0.4 is 4.90 Å². The summed E-state index contributed by atoms with van der Waals surface area (Å²) in [5.74, 6) is -0.348. The Labute approximate surface area is 103 Å². The molecule has 1 aromatic rings. The molecule has 0 fully saturated rings. The van der Waals surface area contributed by atoms with Gasteiger partial charge in [0.15, 0.2) is 0 Å². The summed E-state index contributed by atoms with van der Waals surface area (Å²) in [5.41, 5.74) is 2.30. The molecular weight excluding hydrogens is 214 g/mol. The lowest BCUT2D eigenvalue weighted by Gasteiger charge is -2.27. The van der Waals surface area contributed by atoms with Crippen molar-refractivity contribution < 1.29 is 9.90 Å². The van der Waals surface area contributed by atoms with E-state index >= 15 is 0 Å². The van der Waals surface area contributed by atoms with Gasteiger partial charge in [-0.05, 0) is 37.5 Å². The van der Waals surface area contributed by atoms with Crippen LogP contribution >= 0.6 is 0 Å². The first kappa shape index (κ1) is 13.6. The van der Waals surface area contributed by atoms with Gasteiger partial charge >= 0.3 is 5.97 Å². The molecule has 0 aliphatic heterocycles. The van der Waals surface area contributed by atoms with Gasteiger partial charge in [0, 0.05) is 13.1 Å². The highest BCUT2D eigenvalue weighted by molar-refractivity contribution is 5.94. The van der Waals surface area contributed by atoms with Crippen molar-refractivity contribution in [3.8, 4) is 0 Å². The summed E-state index contributed by atoms with van der Waals surface area (Å²) >= 11 is 0. The number of carboxylic acid groups (broad SMARTS) is 1. The number of carbonyl (C=O) groups is 1. The summed E-state index contributed by atoms with van der Waals surface area (Å²) in [6.45, 7) is 10.0. The van der Waals surface area contributed by atoms with Crippen LogP contribution in [0.15, 0.2) is 18.2 Å². The number of nitrogens with zero attached hydrogens (tertiary/aromatic N) is 1. The lowest BCUT2D eigenvalue weighted by molar-refractivity contribution is 0.0697. The fourth-order valence-corrected chi connectivity index (χ4v) is 1.92. The van der Waals surface area contributed by atoms with Gasteiger partial charge in [-0.15, -0.1) is 0 Å². The number of anilines is 1. The second-order valence-electron chi connectivity index (χ2n) is 4.76. The van der Waals surface area contributed by atoms with Gasteiger partial charge in [-0.2, -0.15) is 0 Å². The topological polar surface area (TPSA) is 40.5 Å². The summed E-state index contributed by atoms with van der Waals surface area (Å²) in [4.78, 5) is 13.3. The van der Waals surface area contributed by atoms with E-state index < -0.39 is 5.97 Å². The van der Waals surface area contributed by atoms with Crippen molar-refractivity contribution >= 4 is 11.7 Å². The number of carboxylic acids is 1. The molecule has 0 radical (unpaired) electrons. The van der Waals surface area contributed by atoms with E-state index in [0.29, 0.717) is 11.5 Å². The smallest absolute Gasteiger partial charge is 0.337 e. The minimum Gasteiger partial charge on any atom is -0.478 e. The third-order valence-corrected chi connectivity index (χ3v) is 2.69. The Morgan fingerprint density at radius 2 is 2.06 bits per heavy atom. The molecule has 1 rings (SSSR count). The molecule has 0 aliphatic carbocycles. The van der Waals surface area contributed by atoms with Crippen LogP contribution in [0.3, 0.4) is 0 Å². The molecule has 0 saturated heterocycles. The zero-order valence-corrected chi connectivity index (χ0v) is 11.0. The molecule has 0 aliphatic rings. The predicted molar refractivity (Wildman–Crippen MR) is 70.9 cm³/mol. The Kier molecular flexibility index (Phi) is 4.55. The molecule has 0 heterocycles. The monoisotopic (exact) mass is 235 g/mol. The maximum atomic E-state index is 11.2. The zero-order chi connectivity index (χ0) is 13.0. The Bertz CT molecular complexity index is 399. The molecule has 17 heavy (non-hydrogen) atoms. The van der Waals surface area contributed by atoms with Crippen LogP contribution in [0.1, 0.15) is 36.7 Å². The summed E-state index contributed by atoms with van der Waals surface area (Å²) in [6, 6.07) is 5.49. The van der Waals surface area contributed by atoms with Gasteiger partial charge in [-0.1, -0.05) is 19.9 Å². The molecule has 0 spiro atoms. The Balaban J connectivity index is 3.15. The molecule has 0 unspecified atom stereocenters. The van der Waals surface area contributed by atoms with E-state index in [9.17, 15) is 9.90 Å². The Morgan fingerprint density at radius 3 is 2.53 bits per heavy atom. The molecule has 0 atom stereocenters. The van der Waals surface area contributed by atoms with Crippen LogP contribution in [-0.4, -0.2) is 24.2 Å². The highest BCUT2D eigenvalue weighted by Gasteiger charge is 2.15. The second kappa shape index (κ2) is 5.71. The summed E-state index contributed by atoms with van der Waals surface area (Å²) < 4.78 is 0. The number of rotatable bonds is 5. The van der Waals surface area contributed by atoms with E-state index in [0.717, 1.165) is 24.3 Å². The lowest BCUT2D eigenvalue weighted by atomic mass is 10.1. The SMILES string of the molecule is CCN(CC(C)C)c1cc(C)ccc1C(=O)O. The minimum absolute atomic E-state index is 0.387. The Hall–Kier alpha value is -1.51. The third-order valence-electron chi connectivity index (χ3n) is 2.69. The highest BCUT2D eigenvalue weighted by Crippen LogP contribution is 2.23. The maximum absolute atomic E-state index is 11.2. The standard InChI is InChI=1S/C14H21NO2/c1-5-15(9-10(2)3)13-8-11(4)6-7-12(13)14(16)17/h6-8,10H,5,9H2,1-4H3,(H,16,17). The number of hydrogen-bond donors (Lipinski definition) is 1. The van der Waals surface area contributed by atoms with Crippen molar-refractivity contribution in [2.75, 3.05) is 18.0 Å².